The van der Waals surface area contributed by atoms with Crippen LogP contribution in [0, 0.1) is 5.92 Å². The van der Waals surface area contributed by atoms with E-state index < -0.39 is 0 Å². The predicted octanol–water partition coefficient (Wildman–Crippen LogP) is 6.34. The lowest BCUT2D eigenvalue weighted by Gasteiger charge is -2.29. The number of benzene rings is 2. The zero-order chi connectivity index (χ0) is 16.9. The fourth-order valence-electron chi connectivity index (χ4n) is 3.62. The maximum Gasteiger partial charge on any atom is 0.115 e. The highest BCUT2D eigenvalue weighted by Gasteiger charge is 2.22. The fraction of sp³-hybridized carbons (Fsp3) is 0.333. The number of hydrogen-bond acceptors (Lipinski definition) is 2. The molecule has 0 radical (unpaired) electrons. The Labute approximate surface area is 149 Å². The van der Waals surface area contributed by atoms with Crippen LogP contribution in [0.2, 0.25) is 5.02 Å². The van der Waals surface area contributed by atoms with E-state index in [9.17, 15) is 5.11 Å². The van der Waals surface area contributed by atoms with Crippen molar-refractivity contribution in [2.24, 2.45) is 5.92 Å². The summed E-state index contributed by atoms with van der Waals surface area (Å²) in [5.74, 6) is 1.66. The minimum absolute atomic E-state index is 0.343. The van der Waals surface area contributed by atoms with Gasteiger partial charge >= 0.3 is 0 Å². The van der Waals surface area contributed by atoms with Gasteiger partial charge in [-0.25, -0.2) is 0 Å². The Balaban J connectivity index is 1.48. The zero-order valence-electron chi connectivity index (χ0n) is 13.8. The van der Waals surface area contributed by atoms with Crippen molar-refractivity contribution in [1.29, 1.82) is 0 Å². The molecule has 24 heavy (non-hydrogen) atoms. The van der Waals surface area contributed by atoms with Gasteiger partial charge in [0.05, 0.1) is 0 Å². The minimum Gasteiger partial charge on any atom is -0.508 e. The van der Waals surface area contributed by atoms with E-state index >= 15 is 0 Å². The second-order valence-corrected chi connectivity index (χ2v) is 7.19. The summed E-state index contributed by atoms with van der Waals surface area (Å²) in [4.78, 5) is 0. The molecule has 1 aliphatic rings. The van der Waals surface area contributed by atoms with Crippen LogP contribution in [-0.4, -0.2) is 5.11 Å². The summed E-state index contributed by atoms with van der Waals surface area (Å²) in [6, 6.07) is 15.4. The summed E-state index contributed by atoms with van der Waals surface area (Å²) < 4.78 is 0. The molecule has 0 heterocycles. The highest BCUT2D eigenvalue weighted by Crippen LogP contribution is 2.38. The van der Waals surface area contributed by atoms with E-state index in [-0.39, 0.29) is 0 Å². The number of hydrogen-bond donors (Lipinski definition) is 2. The molecule has 3 rings (SSSR count). The largest absolute Gasteiger partial charge is 0.508 e. The van der Waals surface area contributed by atoms with Gasteiger partial charge in [-0.3, -0.25) is 0 Å². The van der Waals surface area contributed by atoms with Crippen LogP contribution in [-0.2, 0) is 0 Å². The number of phenolic OH excluding ortho intramolecular Hbond substituents is 1. The molecular formula is C21H24ClNO. The smallest absolute Gasteiger partial charge is 0.115 e. The molecule has 2 aromatic rings. The van der Waals surface area contributed by atoms with Crippen LogP contribution in [0.1, 0.15) is 43.6 Å². The van der Waals surface area contributed by atoms with Gasteiger partial charge in [0.1, 0.15) is 5.75 Å². The minimum atomic E-state index is 0.343. The van der Waals surface area contributed by atoms with Crippen LogP contribution in [0.3, 0.4) is 0 Å². The first kappa shape index (κ1) is 16.9. The SMILES string of the molecule is C=C(CC1CCC(c2ccc(O)cc2)CC1)Nc1cccc(Cl)c1. The average molecular weight is 342 g/mol. The Morgan fingerprint density at radius 3 is 2.46 bits per heavy atom. The number of allylic oxidation sites excluding steroid dienone is 1. The third-order valence-electron chi connectivity index (χ3n) is 4.89. The van der Waals surface area contributed by atoms with Crippen molar-refractivity contribution in [3.05, 3.63) is 71.4 Å². The maximum absolute atomic E-state index is 9.41. The summed E-state index contributed by atoms with van der Waals surface area (Å²) >= 11 is 6.02. The number of anilines is 1. The van der Waals surface area contributed by atoms with Crippen molar-refractivity contribution in [3.8, 4) is 5.75 Å². The molecule has 1 fully saturated rings. The average Bonchev–Trinajstić information content (AvgIpc) is 2.56. The van der Waals surface area contributed by atoms with Gasteiger partial charge in [0, 0.05) is 16.4 Å². The summed E-state index contributed by atoms with van der Waals surface area (Å²) in [6.07, 6.45) is 5.87. The third-order valence-corrected chi connectivity index (χ3v) is 5.13. The second kappa shape index (κ2) is 7.76. The van der Waals surface area contributed by atoms with E-state index in [0.29, 0.717) is 17.6 Å². The van der Waals surface area contributed by atoms with E-state index in [2.05, 4.69) is 24.0 Å². The molecule has 0 aliphatic heterocycles. The Bertz CT molecular complexity index is 687. The standard InChI is InChI=1S/C21H24ClNO/c1-15(23-20-4-2-3-19(22)14-20)13-16-5-7-17(8-6-16)18-9-11-21(24)12-10-18/h2-4,9-12,14,16-17,23-24H,1,5-8,13H2. The number of phenols is 1. The lowest BCUT2D eigenvalue weighted by Crippen LogP contribution is -2.15. The van der Waals surface area contributed by atoms with Gasteiger partial charge in [0.25, 0.3) is 0 Å². The van der Waals surface area contributed by atoms with Crippen molar-refractivity contribution in [2.45, 2.75) is 38.0 Å². The molecule has 1 aliphatic carbocycles. The van der Waals surface area contributed by atoms with Gasteiger partial charge in [-0.2, -0.15) is 0 Å². The lowest BCUT2D eigenvalue weighted by atomic mass is 9.77. The van der Waals surface area contributed by atoms with Gasteiger partial charge in [-0.15, -0.1) is 0 Å². The number of halogens is 1. The van der Waals surface area contributed by atoms with Crippen molar-refractivity contribution >= 4 is 17.3 Å². The van der Waals surface area contributed by atoms with Crippen LogP contribution in [0.4, 0.5) is 5.69 Å². The normalized spacial score (nSPS) is 20.5. The van der Waals surface area contributed by atoms with Gasteiger partial charge in [-0.1, -0.05) is 36.4 Å². The van der Waals surface area contributed by atoms with E-state index in [1.54, 1.807) is 12.1 Å². The molecule has 2 nitrogen and oxygen atoms in total. The van der Waals surface area contributed by atoms with E-state index in [4.69, 9.17) is 11.6 Å². The molecule has 2 N–H and O–H groups in total. The zero-order valence-corrected chi connectivity index (χ0v) is 14.6. The van der Waals surface area contributed by atoms with Crippen LogP contribution < -0.4 is 5.32 Å². The predicted molar refractivity (Wildman–Crippen MR) is 102 cm³/mol. The summed E-state index contributed by atoms with van der Waals surface area (Å²) in [6.45, 7) is 4.18. The molecule has 2 aromatic carbocycles. The molecule has 3 heteroatoms. The maximum atomic E-state index is 9.41. The first-order chi connectivity index (χ1) is 11.6. The van der Waals surface area contributed by atoms with Crippen molar-refractivity contribution in [3.63, 3.8) is 0 Å². The summed E-state index contributed by atoms with van der Waals surface area (Å²) in [5.41, 5.74) is 3.41. The third kappa shape index (κ3) is 4.55. The topological polar surface area (TPSA) is 32.3 Å². The molecule has 0 saturated heterocycles. The molecule has 0 bridgehead atoms. The fourth-order valence-corrected chi connectivity index (χ4v) is 3.81. The van der Waals surface area contributed by atoms with Gasteiger partial charge in [0.2, 0.25) is 0 Å². The van der Waals surface area contributed by atoms with Crippen molar-refractivity contribution in [2.75, 3.05) is 5.32 Å². The Morgan fingerprint density at radius 2 is 1.79 bits per heavy atom. The quantitative estimate of drug-likeness (QED) is 0.665. The Hall–Kier alpha value is -1.93. The van der Waals surface area contributed by atoms with Gasteiger partial charge < -0.3 is 10.4 Å². The molecule has 126 valence electrons. The van der Waals surface area contributed by atoms with E-state index in [1.807, 2.05) is 24.3 Å². The summed E-state index contributed by atoms with van der Waals surface area (Å²) in [7, 11) is 0. The molecule has 1 saturated carbocycles. The van der Waals surface area contributed by atoms with Crippen LogP contribution >= 0.6 is 11.6 Å². The highest BCUT2D eigenvalue weighted by molar-refractivity contribution is 6.30. The lowest BCUT2D eigenvalue weighted by molar-refractivity contribution is 0.324. The Morgan fingerprint density at radius 1 is 1.08 bits per heavy atom. The van der Waals surface area contributed by atoms with Crippen LogP contribution in [0.15, 0.2) is 60.8 Å². The number of rotatable bonds is 5. The van der Waals surface area contributed by atoms with Crippen LogP contribution in [0.5, 0.6) is 5.75 Å². The van der Waals surface area contributed by atoms with Crippen molar-refractivity contribution in [1.82, 2.24) is 0 Å². The number of nitrogens with one attached hydrogen (secondary N) is 1. The highest BCUT2D eigenvalue weighted by atomic mass is 35.5. The van der Waals surface area contributed by atoms with Gasteiger partial charge in [0.15, 0.2) is 0 Å². The monoisotopic (exact) mass is 341 g/mol. The van der Waals surface area contributed by atoms with Crippen molar-refractivity contribution < 1.29 is 5.11 Å². The molecule has 0 spiro atoms. The van der Waals surface area contributed by atoms with Crippen LogP contribution in [0.25, 0.3) is 0 Å². The van der Waals surface area contributed by atoms with E-state index in [1.165, 1.54) is 31.2 Å². The van der Waals surface area contributed by atoms with Gasteiger partial charge in [-0.05, 0) is 79.8 Å². The number of aromatic hydroxyl groups is 1. The summed E-state index contributed by atoms with van der Waals surface area (Å²) in [5, 5.41) is 13.5. The molecule has 0 atom stereocenters. The molecular weight excluding hydrogens is 318 g/mol. The first-order valence-electron chi connectivity index (χ1n) is 8.59. The van der Waals surface area contributed by atoms with E-state index in [0.717, 1.165) is 22.8 Å². The Kier molecular flexibility index (Phi) is 5.47. The second-order valence-electron chi connectivity index (χ2n) is 6.75. The molecule has 0 unspecified atom stereocenters. The first-order valence-corrected chi connectivity index (χ1v) is 8.97. The molecule has 0 amide bonds. The molecule has 0 aromatic heterocycles.